The van der Waals surface area contributed by atoms with E-state index in [-0.39, 0.29) is 49.9 Å². The number of hydrogen-bond donors (Lipinski definition) is 2. The minimum Gasteiger partial charge on any atom is -0.497 e. The number of nitrogens with zero attached hydrogens (tertiary/aromatic N) is 3. The number of unbranched alkanes of at least 4 members (excludes halogenated alkanes) is 2. The Hall–Kier alpha value is -4.71. The number of aryl methyl sites for hydroxylation is 1. The number of hydrogen-bond acceptors (Lipinski definition) is 10. The zero-order valence-electron chi connectivity index (χ0n) is 33.2. The van der Waals surface area contributed by atoms with Gasteiger partial charge < -0.3 is 38.9 Å². The molecule has 1 aromatic heterocycles. The first-order valence-corrected chi connectivity index (χ1v) is 19.8. The molecule has 3 aromatic rings. The molecule has 6 rings (SSSR count). The lowest BCUT2D eigenvalue weighted by molar-refractivity contribution is -0.255. The molecule has 2 heterocycles. The summed E-state index contributed by atoms with van der Waals surface area (Å²) in [6.45, 7) is 6.71. The van der Waals surface area contributed by atoms with Crippen LogP contribution in [0.1, 0.15) is 73.4 Å². The van der Waals surface area contributed by atoms with E-state index in [4.69, 9.17) is 23.8 Å². The van der Waals surface area contributed by atoms with Crippen molar-refractivity contribution in [2.24, 2.45) is 22.9 Å². The minimum absolute atomic E-state index is 0.106. The molecular weight excluding hydrogens is 711 g/mol. The number of oxime groups is 1. The molecule has 6 atom stereocenters. The predicted octanol–water partition coefficient (Wildman–Crippen LogP) is 6.94. The lowest BCUT2D eigenvalue weighted by atomic mass is 9.55. The molecule has 11 heteroatoms. The van der Waals surface area contributed by atoms with Crippen LogP contribution in [0.5, 0.6) is 17.2 Å². The molecule has 300 valence electrons. The molecule has 2 aromatic carbocycles. The van der Waals surface area contributed by atoms with E-state index >= 15 is 0 Å². The third-order valence-corrected chi connectivity index (χ3v) is 11.5. The van der Waals surface area contributed by atoms with Crippen LogP contribution in [-0.2, 0) is 27.4 Å². The Kier molecular flexibility index (Phi) is 13.9. The van der Waals surface area contributed by atoms with Crippen LogP contribution in [0.3, 0.4) is 0 Å². The molecule has 3 aliphatic rings. The monoisotopic (exact) mass is 767 g/mol. The fourth-order valence-corrected chi connectivity index (χ4v) is 9.02. The van der Waals surface area contributed by atoms with Crippen molar-refractivity contribution in [3.63, 3.8) is 0 Å². The summed E-state index contributed by atoms with van der Waals surface area (Å²) in [4.78, 5) is 26.3. The van der Waals surface area contributed by atoms with Gasteiger partial charge in [-0.2, -0.15) is 0 Å². The Morgan fingerprint density at radius 3 is 2.55 bits per heavy atom. The summed E-state index contributed by atoms with van der Waals surface area (Å²) in [7, 11) is 4.97. The molecule has 1 saturated carbocycles. The van der Waals surface area contributed by atoms with Crippen molar-refractivity contribution >= 4 is 11.6 Å². The molecule has 2 aliphatic carbocycles. The molecule has 6 unspecified atom stereocenters. The van der Waals surface area contributed by atoms with Crippen LogP contribution in [0.15, 0.2) is 90.1 Å². The number of rotatable bonds is 19. The molecule has 1 amide bonds. The average Bonchev–Trinajstić information content (AvgIpc) is 3.20. The van der Waals surface area contributed by atoms with Gasteiger partial charge in [0.05, 0.1) is 37.5 Å². The highest BCUT2D eigenvalue weighted by molar-refractivity contribution is 6.03. The second kappa shape index (κ2) is 19.0. The summed E-state index contributed by atoms with van der Waals surface area (Å²) in [5, 5.41) is 24.3. The van der Waals surface area contributed by atoms with E-state index in [2.05, 4.69) is 28.9 Å². The normalized spacial score (nSPS) is 24.3. The van der Waals surface area contributed by atoms with E-state index in [9.17, 15) is 15.0 Å². The van der Waals surface area contributed by atoms with Gasteiger partial charge in [0.15, 0.2) is 0 Å². The van der Waals surface area contributed by atoms with Crippen LogP contribution in [-0.4, -0.2) is 84.6 Å². The van der Waals surface area contributed by atoms with E-state index in [0.29, 0.717) is 43.1 Å². The number of allylic oxidation sites excluding steroid dienone is 1. The second-order valence-corrected chi connectivity index (χ2v) is 15.0. The van der Waals surface area contributed by atoms with Gasteiger partial charge in [-0.25, -0.2) is 0 Å². The maximum atomic E-state index is 14.4. The minimum atomic E-state index is -1.32. The highest BCUT2D eigenvalue weighted by Gasteiger charge is 2.65. The van der Waals surface area contributed by atoms with E-state index in [0.717, 1.165) is 59.5 Å². The van der Waals surface area contributed by atoms with Crippen molar-refractivity contribution in [2.75, 3.05) is 41.1 Å². The number of ether oxygens (including phenoxy) is 4. The van der Waals surface area contributed by atoms with Gasteiger partial charge in [-0.1, -0.05) is 48.3 Å². The Morgan fingerprint density at radius 2 is 1.82 bits per heavy atom. The number of benzene rings is 2. The number of pyridine rings is 1. The standard InChI is InChI=1S/C45H57N3O8/c1-6-23-55-45-41(48(3)42(51)25-31-14-12-17-34(24-31)52-4)28-39(47-53-5)37-26-32(15-7-9-21-49)36(18-8-10-22-50)43(44(37)45)38-27-35(19-20-40(38)56-45)54-29-33-16-11-13-30(2)46-33/h6,11-14,16-17,19-20,24,26-27,32,36,41,43-44,49-50H,1,7-10,15,18,21-23,25,28-29H2,2-5H3. The highest BCUT2D eigenvalue weighted by atomic mass is 16.7. The van der Waals surface area contributed by atoms with Crippen molar-refractivity contribution in [3.8, 4) is 17.2 Å². The second-order valence-electron chi connectivity index (χ2n) is 15.0. The summed E-state index contributed by atoms with van der Waals surface area (Å²) in [5.74, 6) is 0.329. The lowest BCUT2D eigenvalue weighted by Crippen LogP contribution is -2.69. The molecule has 2 N–H and O–H groups in total. The number of aliphatic hydroxyl groups excluding tert-OH is 2. The maximum absolute atomic E-state index is 14.4. The van der Waals surface area contributed by atoms with Gasteiger partial charge in [0.2, 0.25) is 11.7 Å². The zero-order valence-corrected chi connectivity index (χ0v) is 33.2. The first-order valence-electron chi connectivity index (χ1n) is 19.8. The number of methoxy groups -OCH3 is 1. The van der Waals surface area contributed by atoms with Crippen molar-refractivity contribution in [1.29, 1.82) is 0 Å². The summed E-state index contributed by atoms with van der Waals surface area (Å²) in [5.41, 5.74) is 5.32. The molecule has 0 radical (unpaired) electrons. The number of aromatic nitrogens is 1. The number of carbonyl (C=O) groups excluding carboxylic acids is 1. The van der Waals surface area contributed by atoms with E-state index in [1.807, 2.05) is 68.6 Å². The van der Waals surface area contributed by atoms with E-state index < -0.39 is 17.7 Å². The maximum Gasteiger partial charge on any atom is 0.239 e. The first kappa shape index (κ1) is 40.9. The Balaban J connectivity index is 1.50. The quantitative estimate of drug-likeness (QED) is 0.0757. The van der Waals surface area contributed by atoms with E-state index in [1.165, 1.54) is 0 Å². The molecule has 0 spiro atoms. The zero-order chi connectivity index (χ0) is 39.7. The summed E-state index contributed by atoms with van der Waals surface area (Å²) in [6, 6.07) is 18.8. The fraction of sp³-hybridized carbons (Fsp3) is 0.489. The smallest absolute Gasteiger partial charge is 0.239 e. The molecule has 56 heavy (non-hydrogen) atoms. The predicted molar refractivity (Wildman–Crippen MR) is 215 cm³/mol. The van der Waals surface area contributed by atoms with Gasteiger partial charge in [-0.15, -0.1) is 6.58 Å². The van der Waals surface area contributed by atoms with E-state index in [1.54, 1.807) is 25.2 Å². The van der Waals surface area contributed by atoms with Gasteiger partial charge in [-0.3, -0.25) is 9.78 Å². The number of likely N-dealkylation sites (N-methyl/N-ethyl adjacent to an activating group) is 1. The molecule has 1 fully saturated rings. The largest absolute Gasteiger partial charge is 0.497 e. The van der Waals surface area contributed by atoms with Crippen LogP contribution in [0, 0.1) is 24.7 Å². The van der Waals surface area contributed by atoms with Crippen LogP contribution in [0.4, 0.5) is 0 Å². The van der Waals surface area contributed by atoms with Crippen LogP contribution in [0.2, 0.25) is 0 Å². The number of carbonyl (C=O) groups is 1. The topological polar surface area (TPSA) is 132 Å². The Bertz CT molecular complexity index is 1880. The Labute approximate surface area is 331 Å². The van der Waals surface area contributed by atoms with Gasteiger partial charge in [0.25, 0.3) is 0 Å². The summed E-state index contributed by atoms with van der Waals surface area (Å²) in [6.07, 6.45) is 9.32. The molecule has 11 nitrogen and oxygen atoms in total. The Morgan fingerprint density at radius 1 is 1.04 bits per heavy atom. The molecule has 1 aliphatic heterocycles. The van der Waals surface area contributed by atoms with Crippen molar-refractivity contribution in [1.82, 2.24) is 9.88 Å². The first-order chi connectivity index (χ1) is 27.3. The van der Waals surface area contributed by atoms with Crippen LogP contribution in [0.25, 0.3) is 0 Å². The highest BCUT2D eigenvalue weighted by Crippen LogP contribution is 2.61. The molecular formula is C45H57N3O8. The van der Waals surface area contributed by atoms with Crippen molar-refractivity contribution in [3.05, 3.63) is 107 Å². The third-order valence-electron chi connectivity index (χ3n) is 11.5. The molecule has 0 bridgehead atoms. The van der Waals surface area contributed by atoms with Gasteiger partial charge in [0, 0.05) is 43.9 Å². The SMILES string of the molecule is C=CCOC12Oc3ccc(OCc4cccc(C)n4)cc3C3C(CCCCO)C(CCCCO)C=C(C(=NOC)CC1N(C)C(=O)Cc1cccc(OC)c1)C32. The number of aliphatic hydroxyl groups is 2. The van der Waals surface area contributed by atoms with Crippen molar-refractivity contribution < 1.29 is 38.8 Å². The molecule has 0 saturated heterocycles. The third kappa shape index (κ3) is 8.80. The number of amides is 1. The summed E-state index contributed by atoms with van der Waals surface area (Å²) >= 11 is 0. The van der Waals surface area contributed by atoms with Crippen LogP contribution >= 0.6 is 0 Å². The van der Waals surface area contributed by atoms with Gasteiger partial charge >= 0.3 is 0 Å². The lowest BCUT2D eigenvalue weighted by Gasteiger charge is -2.59. The average molecular weight is 768 g/mol. The fourth-order valence-electron chi connectivity index (χ4n) is 9.02. The van der Waals surface area contributed by atoms with Gasteiger partial charge in [-0.05, 0) is 98.0 Å². The number of fused-ring (bicyclic) bond motifs is 2. The summed E-state index contributed by atoms with van der Waals surface area (Å²) < 4.78 is 26.0. The van der Waals surface area contributed by atoms with Crippen LogP contribution < -0.4 is 14.2 Å². The van der Waals surface area contributed by atoms with Gasteiger partial charge in [0.1, 0.15) is 37.0 Å². The van der Waals surface area contributed by atoms with Crippen molar-refractivity contribution in [2.45, 2.75) is 82.6 Å².